The molecule has 106 heavy (non-hydrogen) atoms. The Bertz CT molecular complexity index is 4640. The predicted molar refractivity (Wildman–Crippen MR) is 451 cm³/mol. The quantitative estimate of drug-likeness (QED) is 0.0165. The van der Waals surface area contributed by atoms with Crippen LogP contribution in [0.15, 0.2) is 71.1 Å². The maximum atomic E-state index is 14.8. The predicted octanol–water partition coefficient (Wildman–Crippen LogP) is 30.8. The number of allylic oxidation sites excluding steroid dienone is 6. The normalized spacial score (nSPS) is 16.0. The van der Waals surface area contributed by atoms with E-state index in [4.69, 9.17) is 69.0 Å². The monoisotopic (exact) mass is 1560 g/mol. The number of ether oxygens (including phenoxy) is 2. The molecule has 16 heteroatoms. The molecular formula is C90H96Cl4N4O4S4. The van der Waals surface area contributed by atoms with Crippen LogP contribution in [0.2, 0.25) is 20.1 Å². The van der Waals surface area contributed by atoms with E-state index in [1.165, 1.54) is 91.1 Å². The van der Waals surface area contributed by atoms with Crippen molar-refractivity contribution in [2.45, 2.75) is 258 Å². The number of ketones is 2. The van der Waals surface area contributed by atoms with Crippen LogP contribution < -0.4 is 9.47 Å². The lowest BCUT2D eigenvalue weighted by Gasteiger charge is -2.33. The lowest BCUT2D eigenvalue weighted by Crippen LogP contribution is -2.25. The van der Waals surface area contributed by atoms with Crippen molar-refractivity contribution < 1.29 is 19.1 Å². The molecular weight excluding hydrogens is 1470 g/mol. The third-order valence-electron chi connectivity index (χ3n) is 22.5. The molecule has 4 aliphatic carbocycles. The van der Waals surface area contributed by atoms with Crippen molar-refractivity contribution in [3.05, 3.63) is 168 Å². The van der Waals surface area contributed by atoms with Crippen molar-refractivity contribution in [2.24, 2.45) is 0 Å². The zero-order valence-corrected chi connectivity index (χ0v) is 68.7. The molecule has 0 atom stereocenters. The average molecular weight is 1570 g/mol. The topological polar surface area (TPSA) is 109 Å². The van der Waals surface area contributed by atoms with Crippen LogP contribution in [0, 0.1) is 35.8 Å². The molecule has 0 saturated carbocycles. The number of thiophene rings is 4. The highest BCUT2D eigenvalue weighted by molar-refractivity contribution is 7.28. The molecule has 0 bridgehead atoms. The van der Waals surface area contributed by atoms with Gasteiger partial charge in [-0.3, -0.25) is 9.59 Å². The van der Waals surface area contributed by atoms with E-state index in [9.17, 15) is 20.1 Å². The molecule has 4 aliphatic rings. The van der Waals surface area contributed by atoms with Gasteiger partial charge in [-0.2, -0.15) is 0 Å². The van der Waals surface area contributed by atoms with Crippen molar-refractivity contribution in [1.29, 1.82) is 10.5 Å². The van der Waals surface area contributed by atoms with Crippen LogP contribution in [0.25, 0.3) is 83.4 Å². The summed E-state index contributed by atoms with van der Waals surface area (Å²) in [5.74, 6) is 1.27. The van der Waals surface area contributed by atoms with Gasteiger partial charge in [-0.1, -0.05) is 255 Å². The minimum Gasteiger partial charge on any atom is -0.491 e. The molecule has 0 radical (unpaired) electrons. The van der Waals surface area contributed by atoms with Gasteiger partial charge in [0.2, 0.25) is 0 Å². The highest BCUT2D eigenvalue weighted by atomic mass is 35.5. The zero-order chi connectivity index (χ0) is 74.8. The SMILES string of the molecule is [C-]#[N+]C(C#N)=C1/C(=C/c2cc3c(s2)-c2sc4c(OCCCCCCCC)c5cc6c7c(sc6c(OCCCCCCCC)c5cc4c2C3(CCCCCC)CCCCCC)-c2sc(/C=C3\C(=O)c4cc(Cl)c(Cl)cc4\C3=C(\C#N)[N+]#[C-])cc2C7(CCCCCC)CCCCCC)C(=O)c2cc(Cl)c(Cl)cc21. The standard InChI is InChI=1S/C90H96Cl4N4O4S4/c1-9-15-21-27-29-35-41-101-81-61-47-66-78-88(86-68(90(78,39-33-25-19-13-5)40-34-26-20-14-6)46-56(104-86)44-64-76(74(54-96)98-8)58-50-70(92)72(94)52-60(58)80(64)100)106-84(66)82(102-42-36-30-28-22-16-10-2)62(61)48-65-77-87(105-83(65)81)85-67(89(77,37-31-23-17-11-3)38-32-24-18-12-4)45-55(103-85)43-63-75(73(53-95)97-7)57-49-69(91)71(93)51-59(57)79(63)99/h43-52H,9-42H2,1-6H3/b63-43-,64-44-,75-73+,76-74?. The van der Waals surface area contributed by atoms with Crippen molar-refractivity contribution in [1.82, 2.24) is 0 Å². The number of benzene rings is 4. The second kappa shape index (κ2) is 35.9. The molecule has 0 aliphatic heterocycles. The Hall–Kier alpha value is -6.52. The van der Waals surface area contributed by atoms with E-state index in [2.05, 4.69) is 87.6 Å². The first-order valence-corrected chi connectivity index (χ1v) is 44.1. The number of nitriles is 2. The minimum atomic E-state index is -0.390. The van der Waals surface area contributed by atoms with Gasteiger partial charge in [0.15, 0.2) is 11.6 Å². The summed E-state index contributed by atoms with van der Waals surface area (Å²) in [6.07, 6.45) is 38.8. The lowest BCUT2D eigenvalue weighted by molar-refractivity contribution is 0.103. The number of Topliss-reactive ketones (excluding diaryl/α,β-unsaturated/α-hetero) is 2. The maximum absolute atomic E-state index is 14.8. The van der Waals surface area contributed by atoms with Gasteiger partial charge in [-0.25, -0.2) is 20.2 Å². The molecule has 4 aromatic heterocycles. The maximum Gasteiger partial charge on any atom is 0.270 e. The highest BCUT2D eigenvalue weighted by Crippen LogP contribution is 2.67. The average Bonchev–Trinajstić information content (AvgIpc) is 1.52. The second-order valence-corrected chi connectivity index (χ2v) is 35.4. The third kappa shape index (κ3) is 15.3. The summed E-state index contributed by atoms with van der Waals surface area (Å²) >= 11 is 33.6. The Balaban J connectivity index is 1.13. The summed E-state index contributed by atoms with van der Waals surface area (Å²) in [7, 11) is 0. The van der Waals surface area contributed by atoms with Crippen molar-refractivity contribution in [3.8, 4) is 43.1 Å². The number of carbonyl (C=O) groups is 2. The van der Waals surface area contributed by atoms with E-state index in [0.717, 1.165) is 208 Å². The van der Waals surface area contributed by atoms with Crippen LogP contribution in [0.1, 0.15) is 311 Å². The van der Waals surface area contributed by atoms with Crippen molar-refractivity contribution in [2.75, 3.05) is 13.2 Å². The molecule has 0 unspecified atom stereocenters. The van der Waals surface area contributed by atoms with E-state index in [1.54, 1.807) is 46.9 Å². The fraction of sp³-hybridized carbons (Fsp3) is 0.467. The van der Waals surface area contributed by atoms with Crippen molar-refractivity contribution in [3.63, 3.8) is 0 Å². The lowest BCUT2D eigenvalue weighted by atomic mass is 9.70. The minimum absolute atomic E-state index is 0.164. The Morgan fingerprint density at radius 3 is 1.05 bits per heavy atom. The molecule has 12 rings (SSSR count). The number of unbranched alkanes of at least 4 members (excludes halogenated alkanes) is 22. The molecule has 4 heterocycles. The first kappa shape index (κ1) is 79.0. The molecule has 8 nitrogen and oxygen atoms in total. The third-order valence-corrected chi connectivity index (χ3v) is 28.9. The molecule has 4 aromatic carbocycles. The van der Waals surface area contributed by atoms with Gasteiger partial charge >= 0.3 is 0 Å². The summed E-state index contributed by atoms with van der Waals surface area (Å²) in [5.41, 5.74) is 6.98. The van der Waals surface area contributed by atoms with Gasteiger partial charge in [0, 0.05) is 85.3 Å². The van der Waals surface area contributed by atoms with E-state index in [-0.39, 0.29) is 43.1 Å². The van der Waals surface area contributed by atoms with Gasteiger partial charge in [-0.05, 0) is 133 Å². The summed E-state index contributed by atoms with van der Waals surface area (Å²) in [4.78, 5) is 43.6. The van der Waals surface area contributed by atoms with Crippen LogP contribution in [0.4, 0.5) is 0 Å². The zero-order valence-electron chi connectivity index (χ0n) is 62.4. The Morgan fingerprint density at radius 2 is 0.726 bits per heavy atom. The highest BCUT2D eigenvalue weighted by Gasteiger charge is 2.50. The van der Waals surface area contributed by atoms with E-state index in [0.29, 0.717) is 57.8 Å². The molecule has 0 spiro atoms. The van der Waals surface area contributed by atoms with Gasteiger partial charge in [0.1, 0.15) is 11.5 Å². The van der Waals surface area contributed by atoms with Crippen LogP contribution in [0.5, 0.6) is 11.5 Å². The van der Waals surface area contributed by atoms with Crippen LogP contribution in [-0.2, 0) is 10.8 Å². The molecule has 0 amide bonds. The number of nitrogens with zero attached hydrogens (tertiary/aromatic N) is 4. The van der Waals surface area contributed by atoms with E-state index >= 15 is 0 Å². The summed E-state index contributed by atoms with van der Waals surface area (Å²) in [6.45, 7) is 31.1. The van der Waals surface area contributed by atoms with E-state index < -0.39 is 10.8 Å². The van der Waals surface area contributed by atoms with Gasteiger partial charge in [-0.15, -0.1) is 45.3 Å². The smallest absolute Gasteiger partial charge is 0.270 e. The van der Waals surface area contributed by atoms with Gasteiger partial charge in [0.05, 0.1) is 77.7 Å². The summed E-state index contributed by atoms with van der Waals surface area (Å²) < 4.78 is 17.6. The van der Waals surface area contributed by atoms with Gasteiger partial charge < -0.3 is 9.47 Å². The van der Waals surface area contributed by atoms with Crippen LogP contribution in [-0.4, -0.2) is 24.8 Å². The van der Waals surface area contributed by atoms with Gasteiger partial charge in [0.25, 0.3) is 11.4 Å². The van der Waals surface area contributed by atoms with Crippen LogP contribution >= 0.6 is 91.8 Å². The van der Waals surface area contributed by atoms with Crippen molar-refractivity contribution >= 4 is 158 Å². The number of halogens is 4. The number of rotatable bonds is 38. The molecule has 552 valence electrons. The fourth-order valence-corrected chi connectivity index (χ4v) is 23.4. The number of hydrogen-bond donors (Lipinski definition) is 0. The summed E-state index contributed by atoms with van der Waals surface area (Å²) in [6, 6.07) is 20.3. The fourth-order valence-electron chi connectivity index (χ4n) is 17.3. The first-order chi connectivity index (χ1) is 51.7. The molecule has 0 saturated heterocycles. The first-order valence-electron chi connectivity index (χ1n) is 39.3. The molecule has 8 aromatic rings. The number of hydrogen-bond acceptors (Lipinski definition) is 10. The van der Waals surface area contributed by atoms with E-state index in [1.807, 2.05) is 34.8 Å². The Labute approximate surface area is 664 Å². The number of carbonyl (C=O) groups excluding carboxylic acids is 2. The number of fused-ring (bicyclic) bond motifs is 13. The second-order valence-electron chi connectivity index (χ2n) is 29.6. The Kier molecular flexibility index (Phi) is 26.8. The molecule has 0 N–H and O–H groups in total. The molecule has 0 fully saturated rings. The Morgan fingerprint density at radius 1 is 0.415 bits per heavy atom. The summed E-state index contributed by atoms with van der Waals surface area (Å²) in [5, 5.41) is 26.5. The largest absolute Gasteiger partial charge is 0.491 e. The van der Waals surface area contributed by atoms with Crippen LogP contribution in [0.3, 0.4) is 0 Å².